The van der Waals surface area contributed by atoms with Gasteiger partial charge in [-0.1, -0.05) is 34.1 Å². The molecule has 0 aromatic rings. The summed E-state index contributed by atoms with van der Waals surface area (Å²) >= 11 is 0. The Morgan fingerprint density at radius 1 is 0.600 bits per heavy atom. The van der Waals surface area contributed by atoms with Crippen LogP contribution in [0.4, 0.5) is 0 Å². The van der Waals surface area contributed by atoms with Crippen LogP contribution >= 0.6 is 0 Å². The van der Waals surface area contributed by atoms with E-state index < -0.39 is 0 Å². The van der Waals surface area contributed by atoms with Crippen LogP contribution in [-0.2, 0) is 0 Å². The second kappa shape index (κ2) is 5.33. The van der Waals surface area contributed by atoms with Crippen molar-refractivity contribution in [3.05, 3.63) is 0 Å². The smallest absolute Gasteiger partial charge is 0.0351 e. The maximum atomic E-state index is 2.53. The third-order valence-corrected chi connectivity index (χ3v) is 7.22. The van der Waals surface area contributed by atoms with E-state index in [2.05, 4.69) is 27.7 Å². The molecule has 3 aliphatic rings. The quantitative estimate of drug-likeness (QED) is 0.477. The van der Waals surface area contributed by atoms with E-state index in [0.717, 1.165) is 23.7 Å². The molecule has 4 atom stereocenters. The van der Waals surface area contributed by atoms with Crippen molar-refractivity contribution >= 4 is 0 Å². The van der Waals surface area contributed by atoms with Gasteiger partial charge in [0.2, 0.25) is 0 Å². The maximum Gasteiger partial charge on any atom is -0.0351 e. The van der Waals surface area contributed by atoms with Gasteiger partial charge in [-0.3, -0.25) is 0 Å². The van der Waals surface area contributed by atoms with Gasteiger partial charge in [-0.2, -0.15) is 0 Å². The molecule has 0 aromatic heterocycles. The highest BCUT2D eigenvalue weighted by atomic mass is 14.5. The molecule has 0 radical (unpaired) electrons. The highest BCUT2D eigenvalue weighted by Gasteiger charge is 2.44. The number of fused-ring (bicyclic) bond motifs is 3. The van der Waals surface area contributed by atoms with Gasteiger partial charge in [0.1, 0.15) is 0 Å². The van der Waals surface area contributed by atoms with E-state index in [1.165, 1.54) is 38.5 Å². The van der Waals surface area contributed by atoms with E-state index in [1.807, 2.05) is 0 Å². The lowest BCUT2D eigenvalue weighted by atomic mass is 9.62. The summed E-state index contributed by atoms with van der Waals surface area (Å²) in [6.07, 6.45) is 15.2. The van der Waals surface area contributed by atoms with Gasteiger partial charge in [-0.05, 0) is 92.3 Å². The molecule has 0 bridgehead atoms. The zero-order chi connectivity index (χ0) is 14.4. The molecule has 0 aromatic carbocycles. The third kappa shape index (κ3) is 3.09. The Bertz CT molecular complexity index is 338. The first-order valence-corrected chi connectivity index (χ1v) is 9.36. The minimum absolute atomic E-state index is 0.621. The van der Waals surface area contributed by atoms with Gasteiger partial charge in [0.15, 0.2) is 0 Å². The summed E-state index contributed by atoms with van der Waals surface area (Å²) in [5, 5.41) is 0. The Hall–Kier alpha value is 0. The highest BCUT2D eigenvalue weighted by Crippen LogP contribution is 2.54. The largest absolute Gasteiger partial charge is 0.0599 e. The van der Waals surface area contributed by atoms with Gasteiger partial charge in [-0.15, -0.1) is 0 Å². The Morgan fingerprint density at radius 3 is 2.05 bits per heavy atom. The van der Waals surface area contributed by atoms with Crippen LogP contribution in [0.5, 0.6) is 0 Å². The summed E-state index contributed by atoms with van der Waals surface area (Å²) < 4.78 is 0. The fraction of sp³-hybridized carbons (Fsp3) is 1.00. The molecule has 0 spiro atoms. The Balaban J connectivity index is 1.76. The van der Waals surface area contributed by atoms with E-state index in [0.29, 0.717) is 10.8 Å². The normalized spacial score (nSPS) is 43.8. The summed E-state index contributed by atoms with van der Waals surface area (Å²) in [6.45, 7) is 10.1. The predicted octanol–water partition coefficient (Wildman–Crippen LogP) is 6.45. The molecule has 0 N–H and O–H groups in total. The first-order valence-electron chi connectivity index (χ1n) is 9.36. The summed E-state index contributed by atoms with van der Waals surface area (Å²) in [4.78, 5) is 0. The fourth-order valence-corrected chi connectivity index (χ4v) is 5.95. The second-order valence-electron chi connectivity index (χ2n) is 9.93. The average Bonchev–Trinajstić information content (AvgIpc) is 2.60. The van der Waals surface area contributed by atoms with E-state index in [9.17, 15) is 0 Å². The zero-order valence-corrected chi connectivity index (χ0v) is 14.4. The number of hydrogen-bond donors (Lipinski definition) is 0. The summed E-state index contributed by atoms with van der Waals surface area (Å²) in [6, 6.07) is 0. The first kappa shape index (κ1) is 14.9. The lowest BCUT2D eigenvalue weighted by molar-refractivity contribution is 0.0644. The molecular formula is C20H36. The minimum atomic E-state index is 0.621. The van der Waals surface area contributed by atoms with Crippen molar-refractivity contribution in [1.29, 1.82) is 0 Å². The molecule has 0 nitrogen and oxygen atoms in total. The summed E-state index contributed by atoms with van der Waals surface area (Å²) in [7, 11) is 0. The van der Waals surface area contributed by atoms with Crippen molar-refractivity contribution in [2.24, 2.45) is 34.5 Å². The highest BCUT2D eigenvalue weighted by molar-refractivity contribution is 4.94. The standard InChI is InChI=1S/C20H36/c1-19(2)12-9-15-7-8-16-14-20(3,4)11-5-6-17(16)18(15)10-13-19/h15-18H,5-14H2,1-4H3. The molecule has 0 saturated heterocycles. The Morgan fingerprint density at radius 2 is 1.25 bits per heavy atom. The second-order valence-corrected chi connectivity index (χ2v) is 9.93. The molecule has 3 saturated carbocycles. The number of rotatable bonds is 0. The van der Waals surface area contributed by atoms with Crippen LogP contribution in [0.3, 0.4) is 0 Å². The van der Waals surface area contributed by atoms with Gasteiger partial charge in [0.25, 0.3) is 0 Å². The van der Waals surface area contributed by atoms with E-state index in [1.54, 1.807) is 25.7 Å². The van der Waals surface area contributed by atoms with Crippen LogP contribution in [0, 0.1) is 34.5 Å². The molecule has 0 heterocycles. The van der Waals surface area contributed by atoms with E-state index in [4.69, 9.17) is 0 Å². The van der Waals surface area contributed by atoms with Crippen molar-refractivity contribution < 1.29 is 0 Å². The lowest BCUT2D eigenvalue weighted by Crippen LogP contribution is -2.34. The van der Waals surface area contributed by atoms with Crippen LogP contribution in [0.25, 0.3) is 0 Å². The van der Waals surface area contributed by atoms with Crippen LogP contribution in [0.2, 0.25) is 0 Å². The topological polar surface area (TPSA) is 0 Å². The molecule has 3 fully saturated rings. The molecule has 3 rings (SSSR count). The van der Waals surface area contributed by atoms with Gasteiger partial charge in [-0.25, -0.2) is 0 Å². The Labute approximate surface area is 127 Å². The SMILES string of the molecule is CC1(C)CCC2CCC3CC(C)(C)CCCC3C2CC1. The van der Waals surface area contributed by atoms with Crippen molar-refractivity contribution in [3.63, 3.8) is 0 Å². The molecular weight excluding hydrogens is 240 g/mol. The van der Waals surface area contributed by atoms with Crippen molar-refractivity contribution in [2.45, 2.75) is 91.9 Å². The van der Waals surface area contributed by atoms with Crippen molar-refractivity contribution in [1.82, 2.24) is 0 Å². The van der Waals surface area contributed by atoms with Gasteiger partial charge in [0.05, 0.1) is 0 Å². The van der Waals surface area contributed by atoms with E-state index >= 15 is 0 Å². The number of hydrogen-bond acceptors (Lipinski definition) is 0. The van der Waals surface area contributed by atoms with Crippen LogP contribution in [0.1, 0.15) is 91.9 Å². The third-order valence-electron chi connectivity index (χ3n) is 7.22. The van der Waals surface area contributed by atoms with Crippen LogP contribution < -0.4 is 0 Å². The van der Waals surface area contributed by atoms with Crippen molar-refractivity contribution in [2.75, 3.05) is 0 Å². The van der Waals surface area contributed by atoms with Gasteiger partial charge in [0, 0.05) is 0 Å². The fourth-order valence-electron chi connectivity index (χ4n) is 5.95. The molecule has 0 heteroatoms. The molecule has 0 amide bonds. The summed E-state index contributed by atoms with van der Waals surface area (Å²) in [5.41, 5.74) is 1.24. The summed E-state index contributed by atoms with van der Waals surface area (Å²) in [5.74, 6) is 4.32. The molecule has 116 valence electrons. The minimum Gasteiger partial charge on any atom is -0.0599 e. The molecule has 4 unspecified atom stereocenters. The molecule has 20 heavy (non-hydrogen) atoms. The Kier molecular flexibility index (Phi) is 3.97. The monoisotopic (exact) mass is 276 g/mol. The first-order chi connectivity index (χ1) is 9.36. The van der Waals surface area contributed by atoms with Gasteiger partial charge >= 0.3 is 0 Å². The van der Waals surface area contributed by atoms with E-state index in [-0.39, 0.29) is 0 Å². The van der Waals surface area contributed by atoms with Crippen molar-refractivity contribution in [3.8, 4) is 0 Å². The lowest BCUT2D eigenvalue weighted by Gasteiger charge is -2.43. The molecule has 3 aliphatic carbocycles. The zero-order valence-electron chi connectivity index (χ0n) is 14.4. The maximum absolute atomic E-state index is 2.53. The average molecular weight is 277 g/mol. The predicted molar refractivity (Wildman–Crippen MR) is 87.7 cm³/mol. The molecule has 0 aliphatic heterocycles. The van der Waals surface area contributed by atoms with Crippen LogP contribution in [-0.4, -0.2) is 0 Å². The van der Waals surface area contributed by atoms with Gasteiger partial charge < -0.3 is 0 Å². The van der Waals surface area contributed by atoms with Crippen LogP contribution in [0.15, 0.2) is 0 Å².